The van der Waals surface area contributed by atoms with Gasteiger partial charge in [-0.2, -0.15) is 0 Å². The summed E-state index contributed by atoms with van der Waals surface area (Å²) in [6.45, 7) is 1.79. The van der Waals surface area contributed by atoms with Gasteiger partial charge in [-0.05, 0) is 42.9 Å². The van der Waals surface area contributed by atoms with Crippen LogP contribution in [0.4, 0.5) is 0 Å². The zero-order chi connectivity index (χ0) is 15.2. The van der Waals surface area contributed by atoms with E-state index in [1.165, 1.54) is 12.1 Å². The van der Waals surface area contributed by atoms with Crippen molar-refractivity contribution in [3.63, 3.8) is 0 Å². The fourth-order valence-corrected chi connectivity index (χ4v) is 2.25. The Labute approximate surface area is 123 Å². The maximum absolute atomic E-state index is 11.9. The predicted octanol–water partition coefficient (Wildman–Crippen LogP) is 0.937. The number of hydrogen-bond donors (Lipinski definition) is 3. The molecule has 0 spiro atoms. The molecule has 0 saturated carbocycles. The summed E-state index contributed by atoms with van der Waals surface area (Å²) in [7, 11) is 0. The Bertz CT molecular complexity index is 485. The summed E-state index contributed by atoms with van der Waals surface area (Å²) in [6, 6.07) is 3.58. The van der Waals surface area contributed by atoms with Crippen LogP contribution in [0.15, 0.2) is 18.2 Å². The summed E-state index contributed by atoms with van der Waals surface area (Å²) in [6.07, 6.45) is 2.04. The van der Waals surface area contributed by atoms with Crippen LogP contribution < -0.4 is 5.73 Å². The van der Waals surface area contributed by atoms with E-state index in [1.54, 1.807) is 6.07 Å². The van der Waals surface area contributed by atoms with Crippen molar-refractivity contribution < 1.29 is 24.5 Å². The van der Waals surface area contributed by atoms with Crippen molar-refractivity contribution in [2.45, 2.75) is 25.3 Å². The molecule has 1 heterocycles. The lowest BCUT2D eigenvalue weighted by molar-refractivity contribution is -0.147. The van der Waals surface area contributed by atoms with E-state index in [-0.39, 0.29) is 17.9 Å². The van der Waals surface area contributed by atoms with Gasteiger partial charge in [-0.1, -0.05) is 6.07 Å². The quantitative estimate of drug-likeness (QED) is 0.552. The highest BCUT2D eigenvalue weighted by Gasteiger charge is 2.20. The lowest BCUT2D eigenvalue weighted by Gasteiger charge is -2.22. The molecular formula is C15H21NO5. The topological polar surface area (TPSA) is 102 Å². The number of hydrogen-bond acceptors (Lipinski definition) is 6. The fraction of sp³-hybridized carbons (Fsp3) is 0.533. The fourth-order valence-electron chi connectivity index (χ4n) is 2.25. The Kier molecular flexibility index (Phi) is 5.41. The molecule has 1 saturated heterocycles. The third-order valence-electron chi connectivity index (χ3n) is 3.60. The predicted molar refractivity (Wildman–Crippen MR) is 76.0 cm³/mol. The van der Waals surface area contributed by atoms with E-state index in [2.05, 4.69) is 0 Å². The van der Waals surface area contributed by atoms with Crippen LogP contribution in [0.2, 0.25) is 0 Å². The molecule has 1 aliphatic rings. The Morgan fingerprint density at radius 3 is 2.71 bits per heavy atom. The van der Waals surface area contributed by atoms with E-state index in [4.69, 9.17) is 15.2 Å². The van der Waals surface area contributed by atoms with Crippen molar-refractivity contribution in [2.75, 3.05) is 19.8 Å². The first-order chi connectivity index (χ1) is 10.1. The molecule has 21 heavy (non-hydrogen) atoms. The van der Waals surface area contributed by atoms with E-state index >= 15 is 0 Å². The normalized spacial score (nSPS) is 17.4. The Morgan fingerprint density at radius 2 is 2.05 bits per heavy atom. The molecule has 2 rings (SSSR count). The number of carbonyl (C=O) groups excluding carboxylic acids is 1. The average Bonchev–Trinajstić information content (AvgIpc) is 2.49. The average molecular weight is 295 g/mol. The van der Waals surface area contributed by atoms with Crippen LogP contribution in [0, 0.1) is 5.92 Å². The van der Waals surface area contributed by atoms with Gasteiger partial charge in [0.15, 0.2) is 11.5 Å². The molecule has 116 valence electrons. The SMILES string of the molecule is NC(Cc1ccc(O)c(O)c1)C(=O)OCC1CCOCC1. The van der Waals surface area contributed by atoms with Crippen molar-refractivity contribution >= 4 is 5.97 Å². The molecular weight excluding hydrogens is 274 g/mol. The highest BCUT2D eigenvalue weighted by atomic mass is 16.5. The Hall–Kier alpha value is -1.79. The molecule has 1 aromatic carbocycles. The van der Waals surface area contributed by atoms with Gasteiger partial charge in [0.25, 0.3) is 0 Å². The molecule has 1 fully saturated rings. The number of ether oxygens (including phenoxy) is 2. The minimum absolute atomic E-state index is 0.200. The maximum Gasteiger partial charge on any atom is 0.323 e. The third kappa shape index (κ3) is 4.61. The third-order valence-corrected chi connectivity index (χ3v) is 3.60. The van der Waals surface area contributed by atoms with Crippen LogP contribution >= 0.6 is 0 Å². The van der Waals surface area contributed by atoms with Gasteiger partial charge in [-0.3, -0.25) is 4.79 Å². The van der Waals surface area contributed by atoms with E-state index in [9.17, 15) is 15.0 Å². The van der Waals surface area contributed by atoms with Crippen LogP contribution in [-0.4, -0.2) is 42.0 Å². The number of esters is 1. The van der Waals surface area contributed by atoms with Crippen molar-refractivity contribution in [3.05, 3.63) is 23.8 Å². The standard InChI is InChI=1S/C15H21NO5/c16-12(7-11-1-2-13(17)14(18)8-11)15(19)21-9-10-3-5-20-6-4-10/h1-2,8,10,12,17-18H,3-7,9,16H2. The van der Waals surface area contributed by atoms with Crippen LogP contribution in [0.1, 0.15) is 18.4 Å². The number of rotatable bonds is 5. The molecule has 1 unspecified atom stereocenters. The summed E-state index contributed by atoms with van der Waals surface area (Å²) in [5.41, 5.74) is 6.48. The summed E-state index contributed by atoms with van der Waals surface area (Å²) in [5, 5.41) is 18.6. The minimum atomic E-state index is -0.784. The zero-order valence-electron chi connectivity index (χ0n) is 11.8. The lowest BCUT2D eigenvalue weighted by Crippen LogP contribution is -2.35. The first-order valence-corrected chi connectivity index (χ1v) is 7.07. The van der Waals surface area contributed by atoms with Gasteiger partial charge in [-0.25, -0.2) is 0 Å². The van der Waals surface area contributed by atoms with E-state index in [1.807, 2.05) is 0 Å². The number of phenols is 2. The smallest absolute Gasteiger partial charge is 0.323 e. The van der Waals surface area contributed by atoms with Gasteiger partial charge in [0.05, 0.1) is 6.61 Å². The second-order valence-corrected chi connectivity index (χ2v) is 5.32. The second kappa shape index (κ2) is 7.28. The molecule has 4 N–H and O–H groups in total. The van der Waals surface area contributed by atoms with Gasteiger partial charge >= 0.3 is 5.97 Å². The minimum Gasteiger partial charge on any atom is -0.504 e. The number of carbonyl (C=O) groups is 1. The lowest BCUT2D eigenvalue weighted by atomic mass is 10.0. The monoisotopic (exact) mass is 295 g/mol. The molecule has 1 aliphatic heterocycles. The van der Waals surface area contributed by atoms with Gasteiger partial charge in [0, 0.05) is 13.2 Å². The first-order valence-electron chi connectivity index (χ1n) is 7.07. The molecule has 1 atom stereocenters. The molecule has 6 heteroatoms. The highest BCUT2D eigenvalue weighted by molar-refractivity contribution is 5.76. The summed E-state index contributed by atoms with van der Waals surface area (Å²) < 4.78 is 10.5. The van der Waals surface area contributed by atoms with E-state index in [0.717, 1.165) is 12.8 Å². The maximum atomic E-state index is 11.9. The molecule has 0 radical (unpaired) electrons. The molecule has 1 aromatic rings. The van der Waals surface area contributed by atoms with Crippen LogP contribution in [0.25, 0.3) is 0 Å². The van der Waals surface area contributed by atoms with Crippen molar-refractivity contribution in [1.82, 2.24) is 0 Å². The Morgan fingerprint density at radius 1 is 1.33 bits per heavy atom. The van der Waals surface area contributed by atoms with Crippen LogP contribution in [-0.2, 0) is 20.7 Å². The number of benzene rings is 1. The van der Waals surface area contributed by atoms with Gasteiger partial charge in [-0.15, -0.1) is 0 Å². The summed E-state index contributed by atoms with van der Waals surface area (Å²) in [4.78, 5) is 11.9. The van der Waals surface area contributed by atoms with Crippen molar-refractivity contribution in [1.29, 1.82) is 0 Å². The first kappa shape index (κ1) is 15.6. The number of phenolic OH excluding ortho intramolecular Hbond substituents is 2. The molecule has 6 nitrogen and oxygen atoms in total. The molecule has 0 aromatic heterocycles. The Balaban J connectivity index is 1.79. The van der Waals surface area contributed by atoms with Gasteiger partial charge in [0.1, 0.15) is 6.04 Å². The number of aromatic hydroxyl groups is 2. The van der Waals surface area contributed by atoms with Crippen molar-refractivity contribution in [2.24, 2.45) is 11.7 Å². The largest absolute Gasteiger partial charge is 0.504 e. The highest BCUT2D eigenvalue weighted by Crippen LogP contribution is 2.25. The summed E-state index contributed by atoms with van der Waals surface area (Å²) in [5.74, 6) is -0.536. The van der Waals surface area contributed by atoms with Crippen molar-refractivity contribution in [3.8, 4) is 11.5 Å². The van der Waals surface area contributed by atoms with Gasteiger partial charge < -0.3 is 25.4 Å². The molecule has 0 aliphatic carbocycles. The van der Waals surface area contributed by atoms with Gasteiger partial charge in [0.2, 0.25) is 0 Å². The number of nitrogens with two attached hydrogens (primary N) is 1. The van der Waals surface area contributed by atoms with E-state index in [0.29, 0.717) is 31.3 Å². The zero-order valence-corrected chi connectivity index (χ0v) is 11.8. The molecule has 0 bridgehead atoms. The summed E-state index contributed by atoms with van der Waals surface area (Å²) >= 11 is 0. The van der Waals surface area contributed by atoms with E-state index < -0.39 is 12.0 Å². The molecule has 0 amide bonds. The second-order valence-electron chi connectivity index (χ2n) is 5.32. The van der Waals surface area contributed by atoms with Crippen LogP contribution in [0.5, 0.6) is 11.5 Å². The van der Waals surface area contributed by atoms with Crippen LogP contribution in [0.3, 0.4) is 0 Å².